The summed E-state index contributed by atoms with van der Waals surface area (Å²) in [4.78, 5) is 17.9. The molecular weight excluding hydrogens is 424 g/mol. The lowest BCUT2D eigenvalue weighted by atomic mass is 10.1. The number of carbonyl (C=O) groups excluding carboxylic acids is 1. The number of benzene rings is 2. The summed E-state index contributed by atoms with van der Waals surface area (Å²) in [6.07, 6.45) is 2.19. The van der Waals surface area contributed by atoms with Gasteiger partial charge >= 0.3 is 0 Å². The van der Waals surface area contributed by atoms with Crippen LogP contribution >= 0.6 is 23.1 Å². The highest BCUT2D eigenvalue weighted by Gasteiger charge is 2.18. The fourth-order valence-corrected chi connectivity index (χ4v) is 5.39. The Morgan fingerprint density at radius 1 is 1.14 bits per heavy atom. The number of rotatable bonds is 7. The summed E-state index contributed by atoms with van der Waals surface area (Å²) in [6, 6.07) is 14.6. The van der Waals surface area contributed by atoms with Gasteiger partial charge in [0.1, 0.15) is 0 Å². The number of amides is 1. The summed E-state index contributed by atoms with van der Waals surface area (Å²) in [7, 11) is -3.31. The summed E-state index contributed by atoms with van der Waals surface area (Å²) in [6.45, 7) is 4.10. The Bertz CT molecular complexity index is 1170. The predicted molar refractivity (Wildman–Crippen MR) is 121 cm³/mol. The lowest BCUT2D eigenvalue weighted by Crippen LogP contribution is -2.18. The molecule has 5 nitrogen and oxygen atoms in total. The van der Waals surface area contributed by atoms with E-state index in [2.05, 4.69) is 15.8 Å². The Morgan fingerprint density at radius 2 is 1.83 bits per heavy atom. The summed E-state index contributed by atoms with van der Waals surface area (Å²) in [5, 5.41) is -0.477. The van der Waals surface area contributed by atoms with Crippen molar-refractivity contribution in [1.29, 1.82) is 0 Å². The summed E-state index contributed by atoms with van der Waals surface area (Å²) in [5.41, 5.74) is 1.83. The molecule has 1 aromatic heterocycles. The highest BCUT2D eigenvalue weighted by atomic mass is 32.2. The van der Waals surface area contributed by atoms with Crippen LogP contribution in [-0.2, 0) is 27.6 Å². The smallest absolute Gasteiger partial charge is 0.252 e. The molecule has 8 heteroatoms. The largest absolute Gasteiger partial charge is 0.316 e. The molecule has 0 aliphatic carbocycles. The second kappa shape index (κ2) is 9.28. The number of aromatic nitrogens is 1. The molecule has 154 valence electrons. The summed E-state index contributed by atoms with van der Waals surface area (Å²) < 4.78 is 27.6. The van der Waals surface area contributed by atoms with Crippen LogP contribution < -0.4 is 4.80 Å². The predicted octanol–water partition coefficient (Wildman–Crippen LogP) is 3.92. The fourth-order valence-electron chi connectivity index (χ4n) is 2.89. The lowest BCUT2D eigenvalue weighted by molar-refractivity contribution is -0.117. The zero-order chi connectivity index (χ0) is 21.0. The second-order valence-corrected chi connectivity index (χ2v) is 11.4. The Hall–Kier alpha value is -1.90. The molecular formula is C21H24N2O3S3. The number of nitrogens with zero attached hydrogens (tertiary/aromatic N) is 2. The molecule has 0 aliphatic heterocycles. The van der Waals surface area contributed by atoms with Gasteiger partial charge in [0.25, 0.3) is 5.91 Å². The minimum atomic E-state index is -3.31. The first-order valence-corrected chi connectivity index (χ1v) is 13.1. The molecule has 0 bridgehead atoms. The number of thiazole rings is 1. The van der Waals surface area contributed by atoms with Gasteiger partial charge < -0.3 is 4.57 Å². The zero-order valence-electron chi connectivity index (χ0n) is 16.7. The van der Waals surface area contributed by atoms with Crippen LogP contribution in [-0.4, -0.2) is 36.2 Å². The van der Waals surface area contributed by atoms with E-state index in [-0.39, 0.29) is 17.2 Å². The Morgan fingerprint density at radius 3 is 2.48 bits per heavy atom. The standard InChI is InChI=1S/C21H24N2O3S3/c1-15(2)29(25,26)17-10-8-16(9-11-17)14-20(24)22-21-23(12-13-27-3)18-6-4-5-7-19(18)28-21/h4-11,15H,12-14H2,1-3H3. The van der Waals surface area contributed by atoms with Gasteiger partial charge in [-0.3, -0.25) is 4.79 Å². The van der Waals surface area contributed by atoms with Crippen molar-refractivity contribution in [3.05, 3.63) is 58.9 Å². The third-order valence-electron chi connectivity index (χ3n) is 4.56. The van der Waals surface area contributed by atoms with Crippen LogP contribution in [0.5, 0.6) is 0 Å². The molecule has 0 atom stereocenters. The van der Waals surface area contributed by atoms with Crippen LogP contribution in [0.25, 0.3) is 10.2 Å². The van der Waals surface area contributed by atoms with Gasteiger partial charge in [0, 0.05) is 12.3 Å². The first-order chi connectivity index (χ1) is 13.8. The van der Waals surface area contributed by atoms with Crippen molar-refractivity contribution < 1.29 is 13.2 Å². The van der Waals surface area contributed by atoms with Gasteiger partial charge in [-0.25, -0.2) is 8.42 Å². The van der Waals surface area contributed by atoms with E-state index < -0.39 is 15.1 Å². The lowest BCUT2D eigenvalue weighted by Gasteiger charge is -2.08. The number of carbonyl (C=O) groups is 1. The number of sulfone groups is 1. The summed E-state index contributed by atoms with van der Waals surface area (Å²) in [5.74, 6) is 0.697. The quantitative estimate of drug-likeness (QED) is 0.549. The Kier molecular flexibility index (Phi) is 6.97. The SMILES string of the molecule is CSCCn1c(=NC(=O)Cc2ccc(S(=O)(=O)C(C)C)cc2)sc2ccccc21. The molecule has 3 rings (SSSR count). The molecule has 0 aliphatic rings. The molecule has 0 spiro atoms. The van der Waals surface area contributed by atoms with Crippen LogP contribution in [0, 0.1) is 0 Å². The highest BCUT2D eigenvalue weighted by Crippen LogP contribution is 2.18. The van der Waals surface area contributed by atoms with E-state index in [1.165, 1.54) is 11.3 Å². The van der Waals surface area contributed by atoms with Crippen molar-refractivity contribution in [3.63, 3.8) is 0 Å². The van der Waals surface area contributed by atoms with Gasteiger partial charge in [-0.1, -0.05) is 35.6 Å². The van der Waals surface area contributed by atoms with Crippen molar-refractivity contribution >= 4 is 49.1 Å². The maximum atomic E-state index is 12.6. The zero-order valence-corrected chi connectivity index (χ0v) is 19.1. The number of fused-ring (bicyclic) bond motifs is 1. The van der Waals surface area contributed by atoms with Crippen molar-refractivity contribution in [3.8, 4) is 0 Å². The van der Waals surface area contributed by atoms with E-state index in [9.17, 15) is 13.2 Å². The second-order valence-electron chi connectivity index (χ2n) is 6.92. The van der Waals surface area contributed by atoms with Gasteiger partial charge in [0.2, 0.25) is 0 Å². The van der Waals surface area contributed by atoms with Crippen LogP contribution in [0.15, 0.2) is 58.4 Å². The first-order valence-electron chi connectivity index (χ1n) is 9.30. The monoisotopic (exact) mass is 448 g/mol. The van der Waals surface area contributed by atoms with E-state index in [1.54, 1.807) is 49.9 Å². The van der Waals surface area contributed by atoms with E-state index in [0.717, 1.165) is 28.1 Å². The minimum absolute atomic E-state index is 0.138. The van der Waals surface area contributed by atoms with E-state index in [0.29, 0.717) is 4.80 Å². The van der Waals surface area contributed by atoms with Gasteiger partial charge in [-0.2, -0.15) is 16.8 Å². The number of thioether (sulfide) groups is 1. The Labute approximate surface area is 179 Å². The molecule has 2 aromatic carbocycles. The van der Waals surface area contributed by atoms with Crippen LogP contribution in [0.4, 0.5) is 0 Å². The molecule has 0 unspecified atom stereocenters. The van der Waals surface area contributed by atoms with Crippen LogP contribution in [0.2, 0.25) is 0 Å². The molecule has 29 heavy (non-hydrogen) atoms. The number of para-hydroxylation sites is 1. The Balaban J connectivity index is 1.86. The molecule has 3 aromatic rings. The maximum Gasteiger partial charge on any atom is 0.252 e. The highest BCUT2D eigenvalue weighted by molar-refractivity contribution is 7.98. The third kappa shape index (κ3) is 4.99. The van der Waals surface area contributed by atoms with Gasteiger partial charge in [-0.15, -0.1) is 0 Å². The van der Waals surface area contributed by atoms with Gasteiger partial charge in [0.05, 0.1) is 26.8 Å². The molecule has 0 saturated carbocycles. The maximum absolute atomic E-state index is 12.6. The molecule has 0 saturated heterocycles. The average molecular weight is 449 g/mol. The molecule has 0 radical (unpaired) electrons. The van der Waals surface area contributed by atoms with E-state index >= 15 is 0 Å². The van der Waals surface area contributed by atoms with E-state index in [1.807, 2.05) is 24.3 Å². The summed E-state index contributed by atoms with van der Waals surface area (Å²) >= 11 is 3.26. The number of hydrogen-bond donors (Lipinski definition) is 0. The van der Waals surface area contributed by atoms with Crippen molar-refractivity contribution in [2.24, 2.45) is 4.99 Å². The fraction of sp³-hybridized carbons (Fsp3) is 0.333. The third-order valence-corrected chi connectivity index (χ3v) is 8.38. The van der Waals surface area contributed by atoms with Crippen molar-refractivity contribution in [2.45, 2.75) is 37.0 Å². The first kappa shape index (κ1) is 21.8. The van der Waals surface area contributed by atoms with Gasteiger partial charge in [0.15, 0.2) is 14.6 Å². The van der Waals surface area contributed by atoms with Gasteiger partial charge in [-0.05, 0) is 49.9 Å². The van der Waals surface area contributed by atoms with Crippen LogP contribution in [0.3, 0.4) is 0 Å². The minimum Gasteiger partial charge on any atom is -0.316 e. The topological polar surface area (TPSA) is 68.5 Å². The number of aryl methyl sites for hydroxylation is 1. The number of hydrogen-bond acceptors (Lipinski definition) is 5. The van der Waals surface area contributed by atoms with Crippen molar-refractivity contribution in [1.82, 2.24) is 4.57 Å². The normalized spacial score (nSPS) is 12.8. The van der Waals surface area contributed by atoms with E-state index in [4.69, 9.17) is 0 Å². The molecule has 0 N–H and O–H groups in total. The van der Waals surface area contributed by atoms with Crippen LogP contribution in [0.1, 0.15) is 19.4 Å². The molecule has 1 heterocycles. The van der Waals surface area contributed by atoms with Crippen molar-refractivity contribution in [2.75, 3.05) is 12.0 Å². The molecule has 0 fully saturated rings. The average Bonchev–Trinajstić information content (AvgIpc) is 3.03. The molecule has 1 amide bonds.